The molecular weight excluding hydrogens is 1050 g/mol. The van der Waals surface area contributed by atoms with Gasteiger partial charge < -0.3 is 71.1 Å². The molecule has 0 unspecified atom stereocenters. The van der Waals surface area contributed by atoms with Gasteiger partial charge in [-0.15, -0.1) is 0 Å². The first-order valence-electron chi connectivity index (χ1n) is 24.4. The number of imide groups is 1. The summed E-state index contributed by atoms with van der Waals surface area (Å²) in [6.45, 7) is 13.2. The minimum absolute atomic E-state index is 0.0788. The molecule has 1 aromatic rings. The molecule has 426 valence electrons. The minimum atomic E-state index is -2.12. The molecule has 0 aromatic heterocycles. The molecule has 3 fully saturated rings. The quantitative estimate of drug-likeness (QED) is 0.0723. The van der Waals surface area contributed by atoms with Crippen LogP contribution in [0.1, 0.15) is 83.0 Å². The van der Waals surface area contributed by atoms with Gasteiger partial charge in [0.05, 0.1) is 11.1 Å². The van der Waals surface area contributed by atoms with E-state index >= 15 is 0 Å². The molecule has 0 radical (unpaired) electrons. The number of hydrogen-bond donors (Lipinski definition) is 0. The van der Waals surface area contributed by atoms with E-state index < -0.39 is 185 Å². The third-order valence-corrected chi connectivity index (χ3v) is 13.5. The van der Waals surface area contributed by atoms with Crippen molar-refractivity contribution in [3.05, 3.63) is 35.4 Å². The standard InChI is InChI=1S/C49H65NO26Si/c1-22(51)63-19-33-37(66-25(4)54)40(67-26(5)55)36(50-45(60)31-15-13-14-16-32(31)46(50)61)47(72-33)75-38-35(21-65-24(3)53)74-49(44(71-30(9)59)42(38)69-28(7)57)76-39-34(20-64-23(2)52)73-48(62-17-18-77(10,11)12)43(70-29(8)58)41(39)68-27(6)56/h13-16,33-44,47-49H,17-21H2,1-12H3/t33-,34-,35-,36-,37+,38+,39-,40-,41+,42+,43-,44-,47+,48-,49+/m1/s1. The predicted octanol–water partition coefficient (Wildman–Crippen LogP) is 1.23. The number of carbonyl (C=O) groups excluding carboxylic acids is 11. The maximum Gasteiger partial charge on any atom is 0.303 e. The molecule has 4 heterocycles. The van der Waals surface area contributed by atoms with Crippen molar-refractivity contribution in [3.8, 4) is 0 Å². The Kier molecular flexibility index (Phi) is 21.3. The second-order valence-corrected chi connectivity index (χ2v) is 25.0. The highest BCUT2D eigenvalue weighted by molar-refractivity contribution is 6.76. The average molecular weight is 1110 g/mol. The van der Waals surface area contributed by atoms with E-state index in [1.165, 1.54) is 24.3 Å². The van der Waals surface area contributed by atoms with Crippen LogP contribution in [0.2, 0.25) is 25.7 Å². The summed E-state index contributed by atoms with van der Waals surface area (Å²) >= 11 is 0. The van der Waals surface area contributed by atoms with Gasteiger partial charge in [-0.25, -0.2) is 0 Å². The highest BCUT2D eigenvalue weighted by atomic mass is 28.3. The second kappa shape index (κ2) is 26.8. The molecule has 5 rings (SSSR count). The maximum absolute atomic E-state index is 14.4. The zero-order valence-electron chi connectivity index (χ0n) is 44.6. The Morgan fingerprint density at radius 3 is 1.18 bits per heavy atom. The van der Waals surface area contributed by atoms with Crippen molar-refractivity contribution < 1.29 is 124 Å². The molecule has 28 heteroatoms. The van der Waals surface area contributed by atoms with E-state index in [0.29, 0.717) is 10.9 Å². The van der Waals surface area contributed by atoms with E-state index in [1.807, 2.05) is 0 Å². The van der Waals surface area contributed by atoms with Gasteiger partial charge in [-0.3, -0.25) is 57.6 Å². The van der Waals surface area contributed by atoms with Crippen LogP contribution in [0.3, 0.4) is 0 Å². The van der Waals surface area contributed by atoms with E-state index in [0.717, 1.165) is 62.3 Å². The van der Waals surface area contributed by atoms with Gasteiger partial charge in [-0.1, -0.05) is 31.8 Å². The lowest BCUT2D eigenvalue weighted by Crippen LogP contribution is -2.70. The summed E-state index contributed by atoms with van der Waals surface area (Å²) in [5.74, 6) is -10.5. The van der Waals surface area contributed by atoms with Gasteiger partial charge in [-0.2, -0.15) is 0 Å². The van der Waals surface area contributed by atoms with Crippen molar-refractivity contribution >= 4 is 73.6 Å². The third kappa shape index (κ3) is 16.5. The highest BCUT2D eigenvalue weighted by Crippen LogP contribution is 2.40. The number of amides is 2. The molecule has 0 saturated carbocycles. The van der Waals surface area contributed by atoms with Gasteiger partial charge in [0.15, 0.2) is 55.5 Å². The van der Waals surface area contributed by atoms with Crippen LogP contribution in [0, 0.1) is 0 Å². The first-order valence-corrected chi connectivity index (χ1v) is 28.1. The predicted molar refractivity (Wildman–Crippen MR) is 254 cm³/mol. The molecule has 4 aliphatic heterocycles. The SMILES string of the molecule is CC(=O)OC[C@H]1O[C@@H](O[C@H]2[C@H](OC(C)=O)[C@@H](OC(C)=O)[C@H](OCC[Si](C)(C)C)O[C@@H]2COC(C)=O)[C@H](OC(C)=O)[C@@H](OC(C)=O)[C@H]1O[C@@H]1O[C@H](COC(C)=O)[C@H](OC(C)=O)[C@H](OC(C)=O)[C@H]1N1C(=O)c2ccccc2C1=O. The number of esters is 9. The number of rotatable bonds is 21. The van der Waals surface area contributed by atoms with Crippen LogP contribution >= 0.6 is 0 Å². The third-order valence-electron chi connectivity index (χ3n) is 11.8. The van der Waals surface area contributed by atoms with Gasteiger partial charge in [0.1, 0.15) is 56.4 Å². The second-order valence-electron chi connectivity index (χ2n) is 19.4. The summed E-state index contributed by atoms with van der Waals surface area (Å²) in [4.78, 5) is 145. The molecule has 0 N–H and O–H groups in total. The van der Waals surface area contributed by atoms with Gasteiger partial charge in [-0.05, 0) is 18.2 Å². The number of fused-ring (bicyclic) bond motifs is 1. The molecule has 15 atom stereocenters. The first-order chi connectivity index (χ1) is 36.1. The normalized spacial score (nSPS) is 29.9. The molecule has 3 saturated heterocycles. The number of benzene rings is 1. The number of hydrogen-bond acceptors (Lipinski definition) is 26. The van der Waals surface area contributed by atoms with Crippen LogP contribution < -0.4 is 0 Å². The van der Waals surface area contributed by atoms with Gasteiger partial charge in [0.25, 0.3) is 11.8 Å². The van der Waals surface area contributed by atoms with Crippen molar-refractivity contribution in [1.82, 2.24) is 4.90 Å². The molecule has 77 heavy (non-hydrogen) atoms. The van der Waals surface area contributed by atoms with Gasteiger partial charge in [0.2, 0.25) is 0 Å². The smallest absolute Gasteiger partial charge is 0.303 e. The molecule has 4 aliphatic rings. The molecule has 0 bridgehead atoms. The van der Waals surface area contributed by atoms with Crippen LogP contribution in [0.5, 0.6) is 0 Å². The Morgan fingerprint density at radius 2 is 0.779 bits per heavy atom. The number of ether oxygens (including phenoxy) is 15. The van der Waals surface area contributed by atoms with Crippen LogP contribution in [0.4, 0.5) is 0 Å². The zero-order chi connectivity index (χ0) is 57.2. The van der Waals surface area contributed by atoms with Crippen molar-refractivity contribution in [2.75, 3.05) is 26.4 Å². The average Bonchev–Trinajstić information content (AvgIpc) is 3.58. The van der Waals surface area contributed by atoms with Gasteiger partial charge in [0, 0.05) is 77.0 Å². The largest absolute Gasteiger partial charge is 0.463 e. The monoisotopic (exact) mass is 1110 g/mol. The van der Waals surface area contributed by atoms with Crippen LogP contribution in [-0.4, -0.2) is 197 Å². The molecule has 0 aliphatic carbocycles. The lowest BCUT2D eigenvalue weighted by atomic mass is 9.93. The van der Waals surface area contributed by atoms with E-state index in [-0.39, 0.29) is 17.7 Å². The Hall–Kier alpha value is -6.43. The Bertz CT molecular complexity index is 2350. The summed E-state index contributed by atoms with van der Waals surface area (Å²) < 4.78 is 88.9. The Balaban J connectivity index is 1.71. The molecular formula is C49H65NO26Si. The Labute approximate surface area is 443 Å². The summed E-state index contributed by atoms with van der Waals surface area (Å²) in [5, 5.41) is 0. The van der Waals surface area contributed by atoms with E-state index in [2.05, 4.69) is 19.6 Å². The van der Waals surface area contributed by atoms with Crippen molar-refractivity contribution in [2.45, 2.75) is 180 Å². The van der Waals surface area contributed by atoms with Crippen molar-refractivity contribution in [3.63, 3.8) is 0 Å². The summed E-state index contributed by atoms with van der Waals surface area (Å²) in [7, 11) is -1.77. The van der Waals surface area contributed by atoms with Crippen LogP contribution in [-0.2, 0) is 114 Å². The highest BCUT2D eigenvalue weighted by Gasteiger charge is 2.62. The topological polar surface area (TPSA) is 329 Å². The molecule has 1 aromatic carbocycles. The fraction of sp³-hybridized carbons (Fsp3) is 0.653. The molecule has 27 nitrogen and oxygen atoms in total. The summed E-state index contributed by atoms with van der Waals surface area (Å²) in [6.07, 6.45) is -25.2. The lowest BCUT2D eigenvalue weighted by molar-refractivity contribution is -0.376. The summed E-state index contributed by atoms with van der Waals surface area (Å²) in [5.41, 5.74) is -0.229. The first kappa shape index (κ1) is 61.4. The number of carbonyl (C=O) groups is 11. The Morgan fingerprint density at radius 1 is 0.442 bits per heavy atom. The molecule has 0 spiro atoms. The number of nitrogens with zero attached hydrogens (tertiary/aromatic N) is 1. The zero-order valence-corrected chi connectivity index (χ0v) is 45.6. The van der Waals surface area contributed by atoms with Crippen LogP contribution in [0.25, 0.3) is 0 Å². The van der Waals surface area contributed by atoms with Gasteiger partial charge >= 0.3 is 53.7 Å². The maximum atomic E-state index is 14.4. The van der Waals surface area contributed by atoms with E-state index in [1.54, 1.807) is 0 Å². The molecule has 2 amide bonds. The van der Waals surface area contributed by atoms with E-state index in [4.69, 9.17) is 71.1 Å². The minimum Gasteiger partial charge on any atom is -0.463 e. The van der Waals surface area contributed by atoms with E-state index in [9.17, 15) is 52.7 Å². The lowest BCUT2D eigenvalue weighted by Gasteiger charge is -2.51. The van der Waals surface area contributed by atoms with Crippen molar-refractivity contribution in [1.29, 1.82) is 0 Å². The summed E-state index contributed by atoms with van der Waals surface area (Å²) in [6, 6.07) is 4.25. The fourth-order valence-corrected chi connectivity index (χ4v) is 9.55. The van der Waals surface area contributed by atoms with Crippen molar-refractivity contribution in [2.24, 2.45) is 0 Å². The fourth-order valence-electron chi connectivity index (χ4n) is 8.82. The van der Waals surface area contributed by atoms with Crippen LogP contribution in [0.15, 0.2) is 24.3 Å².